The number of hydrogen-bond donors (Lipinski definition) is 1. The zero-order chi connectivity index (χ0) is 14.2. The molecule has 3 nitrogen and oxygen atoms in total. The Morgan fingerprint density at radius 2 is 1.95 bits per heavy atom. The van der Waals surface area contributed by atoms with Crippen LogP contribution in [0.1, 0.15) is 23.3 Å². The summed E-state index contributed by atoms with van der Waals surface area (Å²) in [4.78, 5) is 2.20. The van der Waals surface area contributed by atoms with Crippen LogP contribution in [0, 0.1) is 11.8 Å². The third-order valence-electron chi connectivity index (χ3n) is 2.88. The molecule has 0 fully saturated rings. The van der Waals surface area contributed by atoms with Crippen LogP contribution in [0.3, 0.4) is 0 Å². The second-order valence-corrected chi connectivity index (χ2v) is 4.72. The summed E-state index contributed by atoms with van der Waals surface area (Å²) in [6, 6.07) is 12.1. The highest BCUT2D eigenvalue weighted by atomic mass is 16.3. The molecule has 2 aromatic rings. The molecule has 0 radical (unpaired) electrons. The lowest BCUT2D eigenvalue weighted by Gasteiger charge is -2.15. The first kappa shape index (κ1) is 14.4. The van der Waals surface area contributed by atoms with Crippen LogP contribution in [0.15, 0.2) is 47.1 Å². The Hall–Kier alpha value is -2.02. The van der Waals surface area contributed by atoms with Gasteiger partial charge >= 0.3 is 0 Å². The number of nitrogens with zero attached hydrogens (tertiary/aromatic N) is 1. The highest BCUT2D eigenvalue weighted by Crippen LogP contribution is 2.09. The van der Waals surface area contributed by atoms with E-state index in [2.05, 4.69) is 35.9 Å². The molecule has 1 heterocycles. The molecule has 1 aromatic carbocycles. The van der Waals surface area contributed by atoms with E-state index in [4.69, 9.17) is 9.52 Å². The molecule has 0 aliphatic heterocycles. The van der Waals surface area contributed by atoms with Crippen LogP contribution in [0.4, 0.5) is 0 Å². The van der Waals surface area contributed by atoms with E-state index in [1.807, 2.05) is 24.3 Å². The summed E-state index contributed by atoms with van der Waals surface area (Å²) in [5.41, 5.74) is 2.22. The molecule has 0 aliphatic rings. The summed E-state index contributed by atoms with van der Waals surface area (Å²) in [6.45, 7) is 1.78. The maximum atomic E-state index is 8.68. The Kier molecular flexibility index (Phi) is 5.43. The van der Waals surface area contributed by atoms with Crippen molar-refractivity contribution in [2.45, 2.75) is 19.5 Å². The van der Waals surface area contributed by atoms with E-state index in [1.54, 1.807) is 6.26 Å². The molecule has 0 spiro atoms. The van der Waals surface area contributed by atoms with Crippen molar-refractivity contribution in [3.05, 3.63) is 59.5 Å². The lowest BCUT2D eigenvalue weighted by molar-refractivity contribution is 0.288. The molecule has 0 bridgehead atoms. The molecule has 0 saturated heterocycles. The van der Waals surface area contributed by atoms with Crippen LogP contribution in [-0.4, -0.2) is 23.7 Å². The van der Waals surface area contributed by atoms with Gasteiger partial charge in [0.2, 0.25) is 0 Å². The van der Waals surface area contributed by atoms with Gasteiger partial charge in [0.25, 0.3) is 0 Å². The van der Waals surface area contributed by atoms with Gasteiger partial charge < -0.3 is 9.52 Å². The van der Waals surface area contributed by atoms with Crippen molar-refractivity contribution in [2.75, 3.05) is 13.7 Å². The van der Waals surface area contributed by atoms with Crippen LogP contribution in [0.5, 0.6) is 0 Å². The van der Waals surface area contributed by atoms with E-state index in [0.717, 1.165) is 24.4 Å². The first-order chi connectivity index (χ1) is 9.78. The predicted molar refractivity (Wildman–Crippen MR) is 78.9 cm³/mol. The van der Waals surface area contributed by atoms with Crippen molar-refractivity contribution in [2.24, 2.45) is 0 Å². The molecular weight excluding hydrogens is 250 g/mol. The standard InChI is InChI=1S/C17H19NO2/c1-18(14-17-6-4-12-20-17)13-16-9-7-15(8-10-16)5-2-3-11-19/h4,6-10,12,19H,3,11,13-14H2,1H3. The smallest absolute Gasteiger partial charge is 0.117 e. The summed E-state index contributed by atoms with van der Waals surface area (Å²) in [6.07, 6.45) is 2.22. The maximum Gasteiger partial charge on any atom is 0.117 e. The molecule has 0 unspecified atom stereocenters. The molecule has 1 aromatic heterocycles. The largest absolute Gasteiger partial charge is 0.468 e. The van der Waals surface area contributed by atoms with Gasteiger partial charge in [-0.3, -0.25) is 4.90 Å². The minimum Gasteiger partial charge on any atom is -0.468 e. The average molecular weight is 269 g/mol. The summed E-state index contributed by atoms with van der Waals surface area (Å²) < 4.78 is 5.34. The van der Waals surface area contributed by atoms with Crippen LogP contribution in [-0.2, 0) is 13.1 Å². The third-order valence-corrected chi connectivity index (χ3v) is 2.88. The highest BCUT2D eigenvalue weighted by Gasteiger charge is 2.03. The third kappa shape index (κ3) is 4.58. The van der Waals surface area contributed by atoms with Gasteiger partial charge in [0.15, 0.2) is 0 Å². The fourth-order valence-electron chi connectivity index (χ4n) is 1.95. The monoisotopic (exact) mass is 269 g/mol. The van der Waals surface area contributed by atoms with Gasteiger partial charge in [-0.2, -0.15) is 0 Å². The number of benzene rings is 1. The second-order valence-electron chi connectivity index (χ2n) is 4.72. The van der Waals surface area contributed by atoms with Crippen LogP contribution in [0.25, 0.3) is 0 Å². The van der Waals surface area contributed by atoms with E-state index < -0.39 is 0 Å². The van der Waals surface area contributed by atoms with Crippen molar-refractivity contribution in [3.63, 3.8) is 0 Å². The maximum absolute atomic E-state index is 8.68. The number of aliphatic hydroxyl groups is 1. The van der Waals surface area contributed by atoms with Gasteiger partial charge in [-0.25, -0.2) is 0 Å². The molecule has 20 heavy (non-hydrogen) atoms. The van der Waals surface area contributed by atoms with Crippen molar-refractivity contribution < 1.29 is 9.52 Å². The Balaban J connectivity index is 1.88. The number of hydrogen-bond acceptors (Lipinski definition) is 3. The van der Waals surface area contributed by atoms with Gasteiger partial charge in [-0.1, -0.05) is 24.0 Å². The average Bonchev–Trinajstić information content (AvgIpc) is 2.94. The SMILES string of the molecule is CN(Cc1ccc(C#CCCO)cc1)Cc1ccco1. The van der Waals surface area contributed by atoms with E-state index in [1.165, 1.54) is 5.56 Å². The number of rotatable bonds is 5. The number of furan rings is 1. The van der Waals surface area contributed by atoms with Crippen LogP contribution >= 0.6 is 0 Å². The van der Waals surface area contributed by atoms with Crippen LogP contribution in [0.2, 0.25) is 0 Å². The van der Waals surface area contributed by atoms with Gasteiger partial charge in [0.05, 0.1) is 19.4 Å². The molecule has 0 atom stereocenters. The van der Waals surface area contributed by atoms with E-state index in [-0.39, 0.29) is 6.61 Å². The Morgan fingerprint density at radius 3 is 2.60 bits per heavy atom. The zero-order valence-electron chi connectivity index (χ0n) is 11.7. The number of aliphatic hydroxyl groups excluding tert-OH is 1. The van der Waals surface area contributed by atoms with Crippen LogP contribution < -0.4 is 0 Å². The minimum atomic E-state index is 0.114. The van der Waals surface area contributed by atoms with Gasteiger partial charge in [0.1, 0.15) is 5.76 Å². The lowest BCUT2D eigenvalue weighted by Crippen LogP contribution is -2.16. The van der Waals surface area contributed by atoms with Crippen molar-refractivity contribution in [3.8, 4) is 11.8 Å². The molecule has 1 N–H and O–H groups in total. The molecule has 2 rings (SSSR count). The normalized spacial score (nSPS) is 10.3. The van der Waals surface area contributed by atoms with E-state index >= 15 is 0 Å². The Labute approximate surface area is 119 Å². The van der Waals surface area contributed by atoms with Gasteiger partial charge in [-0.15, -0.1) is 0 Å². The topological polar surface area (TPSA) is 36.6 Å². The summed E-state index contributed by atoms with van der Waals surface area (Å²) >= 11 is 0. The van der Waals surface area contributed by atoms with Crippen molar-refractivity contribution >= 4 is 0 Å². The molecule has 3 heteroatoms. The summed E-state index contributed by atoms with van der Waals surface area (Å²) in [5.74, 6) is 6.91. The molecule has 0 saturated carbocycles. The lowest BCUT2D eigenvalue weighted by atomic mass is 10.1. The molecule has 0 aliphatic carbocycles. The van der Waals surface area contributed by atoms with E-state index in [9.17, 15) is 0 Å². The molecule has 104 valence electrons. The second kappa shape index (κ2) is 7.54. The molecule has 0 amide bonds. The predicted octanol–water partition coefficient (Wildman–Crippen LogP) is 2.65. The summed E-state index contributed by atoms with van der Waals surface area (Å²) in [7, 11) is 2.07. The van der Waals surface area contributed by atoms with Gasteiger partial charge in [-0.05, 0) is 36.9 Å². The Bertz CT molecular complexity index is 561. The molecular formula is C17H19NO2. The van der Waals surface area contributed by atoms with Crippen molar-refractivity contribution in [1.29, 1.82) is 0 Å². The van der Waals surface area contributed by atoms with Crippen molar-refractivity contribution in [1.82, 2.24) is 4.90 Å². The zero-order valence-corrected chi connectivity index (χ0v) is 11.7. The quantitative estimate of drug-likeness (QED) is 0.848. The minimum absolute atomic E-state index is 0.114. The Morgan fingerprint density at radius 1 is 1.15 bits per heavy atom. The first-order valence-corrected chi connectivity index (χ1v) is 6.67. The van der Waals surface area contributed by atoms with E-state index in [0.29, 0.717) is 6.42 Å². The summed E-state index contributed by atoms with van der Waals surface area (Å²) in [5, 5.41) is 8.68. The first-order valence-electron chi connectivity index (χ1n) is 6.67. The fraction of sp³-hybridized carbons (Fsp3) is 0.294. The van der Waals surface area contributed by atoms with Gasteiger partial charge in [0, 0.05) is 18.5 Å². The highest BCUT2D eigenvalue weighted by molar-refractivity contribution is 5.36. The fourth-order valence-corrected chi connectivity index (χ4v) is 1.95.